The molecule has 0 spiro atoms. The Morgan fingerprint density at radius 3 is 2.19 bits per heavy atom. The van der Waals surface area contributed by atoms with Crippen molar-refractivity contribution in [2.75, 3.05) is 7.05 Å². The lowest BCUT2D eigenvalue weighted by atomic mass is 9.74. The fourth-order valence-corrected chi connectivity index (χ4v) is 3.88. The van der Waals surface area contributed by atoms with E-state index in [9.17, 15) is 0 Å². The minimum absolute atomic E-state index is 0.826. The zero-order chi connectivity index (χ0) is 11.5. The molecule has 0 radical (unpaired) electrons. The van der Waals surface area contributed by atoms with Gasteiger partial charge in [-0.15, -0.1) is 0 Å². The van der Waals surface area contributed by atoms with Gasteiger partial charge in [-0.3, -0.25) is 0 Å². The van der Waals surface area contributed by atoms with Gasteiger partial charge in [0.2, 0.25) is 0 Å². The minimum Gasteiger partial charge on any atom is -0.317 e. The second kappa shape index (κ2) is 5.53. The average Bonchev–Trinajstić information content (AvgIpc) is 3.01. The van der Waals surface area contributed by atoms with Gasteiger partial charge in [0.15, 0.2) is 0 Å². The fraction of sp³-hybridized carbons (Fsp3) is 1.00. The second-order valence-corrected chi connectivity index (χ2v) is 6.59. The van der Waals surface area contributed by atoms with Crippen molar-refractivity contribution in [1.82, 2.24) is 5.32 Å². The van der Waals surface area contributed by atoms with Crippen LogP contribution in [-0.2, 0) is 0 Å². The predicted octanol–water partition coefficient (Wildman–Crippen LogP) is 3.84. The van der Waals surface area contributed by atoms with E-state index in [1.165, 1.54) is 44.9 Å². The Labute approximate surface area is 101 Å². The van der Waals surface area contributed by atoms with Crippen LogP contribution in [-0.4, -0.2) is 13.1 Å². The van der Waals surface area contributed by atoms with Crippen LogP contribution in [0.25, 0.3) is 0 Å². The highest BCUT2D eigenvalue weighted by Crippen LogP contribution is 2.38. The molecule has 0 amide bonds. The van der Waals surface area contributed by atoms with Crippen LogP contribution in [0.15, 0.2) is 0 Å². The third-order valence-electron chi connectivity index (χ3n) is 4.72. The molecule has 1 N–H and O–H groups in total. The quantitative estimate of drug-likeness (QED) is 0.747. The Kier molecular flexibility index (Phi) is 4.29. The summed E-state index contributed by atoms with van der Waals surface area (Å²) in [5.74, 6) is 3.99. The van der Waals surface area contributed by atoms with Crippen molar-refractivity contribution in [1.29, 1.82) is 0 Å². The topological polar surface area (TPSA) is 12.0 Å². The molecule has 0 aromatic heterocycles. The standard InChI is InChI=1S/C15H29N/c1-11-8-12(2)10-13(9-11)4-7-15(16-3)14-5-6-14/h11-16H,4-10H2,1-3H3. The predicted molar refractivity (Wildman–Crippen MR) is 70.5 cm³/mol. The lowest BCUT2D eigenvalue weighted by Gasteiger charge is -2.32. The highest BCUT2D eigenvalue weighted by Gasteiger charge is 2.31. The van der Waals surface area contributed by atoms with E-state index in [2.05, 4.69) is 26.2 Å². The van der Waals surface area contributed by atoms with Crippen LogP contribution in [0, 0.1) is 23.7 Å². The third kappa shape index (κ3) is 3.48. The highest BCUT2D eigenvalue weighted by molar-refractivity contribution is 4.86. The first-order valence-electron chi connectivity index (χ1n) is 7.36. The molecule has 0 aromatic rings. The van der Waals surface area contributed by atoms with Gasteiger partial charge in [-0.05, 0) is 75.7 Å². The summed E-state index contributed by atoms with van der Waals surface area (Å²) >= 11 is 0. The van der Waals surface area contributed by atoms with E-state index < -0.39 is 0 Å². The fourth-order valence-electron chi connectivity index (χ4n) is 3.88. The lowest BCUT2D eigenvalue weighted by molar-refractivity contribution is 0.201. The molecule has 2 aliphatic carbocycles. The Bertz CT molecular complexity index is 199. The molecule has 2 fully saturated rings. The number of nitrogens with one attached hydrogen (secondary N) is 1. The molecule has 94 valence electrons. The Morgan fingerprint density at radius 2 is 1.69 bits per heavy atom. The average molecular weight is 223 g/mol. The Hall–Kier alpha value is -0.0400. The van der Waals surface area contributed by atoms with Gasteiger partial charge in [0.25, 0.3) is 0 Å². The maximum Gasteiger partial charge on any atom is 0.00924 e. The molecule has 0 bridgehead atoms. The van der Waals surface area contributed by atoms with Gasteiger partial charge in [0.05, 0.1) is 0 Å². The summed E-state index contributed by atoms with van der Waals surface area (Å²) in [6.45, 7) is 4.89. The number of hydrogen-bond donors (Lipinski definition) is 1. The minimum atomic E-state index is 0.826. The van der Waals surface area contributed by atoms with E-state index >= 15 is 0 Å². The summed E-state index contributed by atoms with van der Waals surface area (Å²) in [5.41, 5.74) is 0. The molecule has 3 unspecified atom stereocenters. The molecule has 2 aliphatic rings. The van der Waals surface area contributed by atoms with Crippen molar-refractivity contribution >= 4 is 0 Å². The summed E-state index contributed by atoms with van der Waals surface area (Å²) in [5, 5.41) is 3.53. The first kappa shape index (κ1) is 12.4. The molecule has 16 heavy (non-hydrogen) atoms. The first-order valence-corrected chi connectivity index (χ1v) is 7.36. The van der Waals surface area contributed by atoms with Crippen LogP contribution in [0.4, 0.5) is 0 Å². The monoisotopic (exact) mass is 223 g/mol. The SMILES string of the molecule is CNC(CCC1CC(C)CC(C)C1)C1CC1. The molecule has 0 aliphatic heterocycles. The van der Waals surface area contributed by atoms with Crippen LogP contribution < -0.4 is 5.32 Å². The van der Waals surface area contributed by atoms with E-state index in [-0.39, 0.29) is 0 Å². The van der Waals surface area contributed by atoms with E-state index in [4.69, 9.17) is 0 Å². The van der Waals surface area contributed by atoms with Crippen molar-refractivity contribution in [3.05, 3.63) is 0 Å². The van der Waals surface area contributed by atoms with E-state index in [0.717, 1.165) is 29.7 Å². The van der Waals surface area contributed by atoms with Gasteiger partial charge in [-0.25, -0.2) is 0 Å². The Balaban J connectivity index is 1.71. The summed E-state index contributed by atoms with van der Waals surface area (Å²) < 4.78 is 0. The van der Waals surface area contributed by atoms with Gasteiger partial charge in [-0.2, -0.15) is 0 Å². The van der Waals surface area contributed by atoms with Crippen molar-refractivity contribution in [3.8, 4) is 0 Å². The van der Waals surface area contributed by atoms with Crippen LogP contribution in [0.5, 0.6) is 0 Å². The molecular formula is C15H29N. The molecule has 0 heterocycles. The lowest BCUT2D eigenvalue weighted by Crippen LogP contribution is -2.29. The zero-order valence-corrected chi connectivity index (χ0v) is 11.3. The van der Waals surface area contributed by atoms with Gasteiger partial charge in [0.1, 0.15) is 0 Å². The summed E-state index contributed by atoms with van der Waals surface area (Å²) in [4.78, 5) is 0. The summed E-state index contributed by atoms with van der Waals surface area (Å²) in [6, 6.07) is 0.826. The first-order chi connectivity index (χ1) is 7.69. The molecule has 1 heteroatoms. The van der Waals surface area contributed by atoms with Crippen molar-refractivity contribution < 1.29 is 0 Å². The van der Waals surface area contributed by atoms with Crippen molar-refractivity contribution in [2.24, 2.45) is 23.7 Å². The maximum atomic E-state index is 3.53. The van der Waals surface area contributed by atoms with Gasteiger partial charge < -0.3 is 5.32 Å². The summed E-state index contributed by atoms with van der Waals surface area (Å²) in [6.07, 6.45) is 10.3. The molecule has 3 atom stereocenters. The van der Waals surface area contributed by atoms with Gasteiger partial charge in [0, 0.05) is 6.04 Å². The van der Waals surface area contributed by atoms with Gasteiger partial charge in [-0.1, -0.05) is 13.8 Å². The Morgan fingerprint density at radius 1 is 1.06 bits per heavy atom. The third-order valence-corrected chi connectivity index (χ3v) is 4.72. The van der Waals surface area contributed by atoms with E-state index in [1.54, 1.807) is 0 Å². The van der Waals surface area contributed by atoms with Crippen LogP contribution >= 0.6 is 0 Å². The molecule has 0 saturated heterocycles. The summed E-state index contributed by atoms with van der Waals surface area (Å²) in [7, 11) is 2.15. The van der Waals surface area contributed by atoms with E-state index in [1.807, 2.05) is 0 Å². The molecule has 0 aromatic carbocycles. The van der Waals surface area contributed by atoms with E-state index in [0.29, 0.717) is 0 Å². The largest absolute Gasteiger partial charge is 0.317 e. The molecule has 2 saturated carbocycles. The molecule has 1 nitrogen and oxygen atoms in total. The normalized spacial score (nSPS) is 37.3. The smallest absolute Gasteiger partial charge is 0.00924 e. The maximum absolute atomic E-state index is 3.53. The van der Waals surface area contributed by atoms with Crippen molar-refractivity contribution in [2.45, 2.75) is 64.8 Å². The van der Waals surface area contributed by atoms with Crippen LogP contribution in [0.3, 0.4) is 0 Å². The van der Waals surface area contributed by atoms with Gasteiger partial charge >= 0.3 is 0 Å². The number of rotatable bonds is 5. The van der Waals surface area contributed by atoms with Crippen LogP contribution in [0.2, 0.25) is 0 Å². The molecule has 2 rings (SSSR count). The second-order valence-electron chi connectivity index (χ2n) is 6.59. The highest BCUT2D eigenvalue weighted by atomic mass is 14.9. The number of hydrogen-bond acceptors (Lipinski definition) is 1. The molecular weight excluding hydrogens is 194 g/mol. The van der Waals surface area contributed by atoms with Crippen molar-refractivity contribution in [3.63, 3.8) is 0 Å². The van der Waals surface area contributed by atoms with Crippen LogP contribution in [0.1, 0.15) is 58.8 Å². The zero-order valence-electron chi connectivity index (χ0n) is 11.3.